The Morgan fingerprint density at radius 3 is 2.30 bits per heavy atom. The number of nitrogens with zero attached hydrogens (tertiary/aromatic N) is 2. The maximum absolute atomic E-state index is 5.51. The van der Waals surface area contributed by atoms with Crippen molar-refractivity contribution in [1.82, 2.24) is 15.1 Å². The molecule has 0 bridgehead atoms. The van der Waals surface area contributed by atoms with Gasteiger partial charge >= 0.3 is 0 Å². The van der Waals surface area contributed by atoms with Gasteiger partial charge in [0.05, 0.1) is 19.0 Å². The Morgan fingerprint density at radius 1 is 1.25 bits per heavy atom. The summed E-state index contributed by atoms with van der Waals surface area (Å²) in [5, 5.41) is 8.04. The molecule has 0 spiro atoms. The summed E-state index contributed by atoms with van der Waals surface area (Å²) in [6, 6.07) is 0.337. The van der Waals surface area contributed by atoms with Gasteiger partial charge in [0, 0.05) is 17.0 Å². The summed E-state index contributed by atoms with van der Waals surface area (Å²) in [5.41, 5.74) is 1.36. The fourth-order valence-electron chi connectivity index (χ4n) is 2.40. The Bertz CT molecular complexity index is 427. The molecule has 0 fully saturated rings. The number of aromatic nitrogens is 2. The van der Waals surface area contributed by atoms with Gasteiger partial charge in [-0.1, -0.05) is 13.8 Å². The van der Waals surface area contributed by atoms with Crippen molar-refractivity contribution >= 4 is 0 Å². The minimum absolute atomic E-state index is 0.0182. The number of nitrogens with one attached hydrogen (secondary N) is 1. The first-order chi connectivity index (χ1) is 9.08. The van der Waals surface area contributed by atoms with Crippen LogP contribution < -0.4 is 10.1 Å². The van der Waals surface area contributed by atoms with E-state index in [9.17, 15) is 0 Å². The van der Waals surface area contributed by atoms with Crippen molar-refractivity contribution in [3.8, 4) is 5.75 Å². The number of ether oxygens (including phenoxy) is 1. The molecule has 0 atom stereocenters. The van der Waals surface area contributed by atoms with Gasteiger partial charge in [0.25, 0.3) is 0 Å². The monoisotopic (exact) mass is 281 g/mol. The minimum Gasteiger partial charge on any atom is -0.493 e. The Kier molecular flexibility index (Phi) is 5.25. The quantitative estimate of drug-likeness (QED) is 0.867. The highest BCUT2D eigenvalue weighted by Crippen LogP contribution is 2.35. The van der Waals surface area contributed by atoms with Crippen molar-refractivity contribution < 1.29 is 4.74 Å². The lowest BCUT2D eigenvalue weighted by atomic mass is 9.84. The minimum atomic E-state index is 0.0182. The lowest BCUT2D eigenvalue weighted by Crippen LogP contribution is -2.39. The zero-order valence-electron chi connectivity index (χ0n) is 14.4. The number of rotatable bonds is 6. The zero-order chi connectivity index (χ0) is 15.6. The molecule has 20 heavy (non-hydrogen) atoms. The predicted octanol–water partition coefficient (Wildman–Crippen LogP) is 3.53. The second kappa shape index (κ2) is 6.17. The molecule has 0 saturated carbocycles. The third-order valence-electron chi connectivity index (χ3n) is 3.52. The highest BCUT2D eigenvalue weighted by atomic mass is 16.5. The number of methoxy groups -OCH3 is 1. The zero-order valence-corrected chi connectivity index (χ0v) is 14.4. The molecule has 0 saturated heterocycles. The van der Waals surface area contributed by atoms with Crippen LogP contribution in [0.25, 0.3) is 0 Å². The molecule has 0 unspecified atom stereocenters. The summed E-state index contributed by atoms with van der Waals surface area (Å²) in [6.07, 6.45) is 2.87. The summed E-state index contributed by atoms with van der Waals surface area (Å²) >= 11 is 0. The van der Waals surface area contributed by atoms with E-state index in [0.717, 1.165) is 18.7 Å². The highest BCUT2D eigenvalue weighted by molar-refractivity contribution is 5.32. The molecule has 0 aliphatic rings. The Labute approximate surface area is 123 Å². The largest absolute Gasteiger partial charge is 0.493 e. The van der Waals surface area contributed by atoms with Crippen molar-refractivity contribution in [2.75, 3.05) is 13.7 Å². The first kappa shape index (κ1) is 17.0. The molecule has 0 amide bonds. The first-order valence-electron chi connectivity index (χ1n) is 7.45. The van der Waals surface area contributed by atoms with E-state index in [-0.39, 0.29) is 11.0 Å². The number of hydrogen-bond donors (Lipinski definition) is 1. The van der Waals surface area contributed by atoms with Gasteiger partial charge in [-0.25, -0.2) is 0 Å². The highest BCUT2D eigenvalue weighted by Gasteiger charge is 2.30. The molecule has 1 aromatic heterocycles. The molecular formula is C16H31N3O. The molecule has 1 N–H and O–H groups in total. The predicted molar refractivity (Wildman–Crippen MR) is 84.6 cm³/mol. The van der Waals surface area contributed by atoms with Crippen LogP contribution >= 0.6 is 0 Å². The molecule has 0 aliphatic heterocycles. The van der Waals surface area contributed by atoms with Gasteiger partial charge in [-0.05, 0) is 47.6 Å². The third-order valence-corrected chi connectivity index (χ3v) is 3.52. The molecule has 116 valence electrons. The van der Waals surface area contributed by atoms with E-state index in [1.807, 2.05) is 6.20 Å². The van der Waals surface area contributed by atoms with Gasteiger partial charge in [0.15, 0.2) is 5.75 Å². The molecule has 1 heterocycles. The van der Waals surface area contributed by atoms with Crippen molar-refractivity contribution in [3.05, 3.63) is 11.9 Å². The first-order valence-corrected chi connectivity index (χ1v) is 7.45. The van der Waals surface area contributed by atoms with Crippen LogP contribution in [0.5, 0.6) is 5.75 Å². The van der Waals surface area contributed by atoms with Crippen molar-refractivity contribution in [2.45, 2.75) is 71.9 Å². The molecule has 1 aromatic rings. The van der Waals surface area contributed by atoms with Crippen molar-refractivity contribution in [2.24, 2.45) is 0 Å². The SMILES string of the molecule is COc1cnn(C(C)C)c1C(C)(C)CCNC(C)(C)C. The molecular weight excluding hydrogens is 250 g/mol. The average molecular weight is 281 g/mol. The lowest BCUT2D eigenvalue weighted by molar-refractivity contribution is 0.337. The molecule has 4 nitrogen and oxygen atoms in total. The molecule has 4 heteroatoms. The van der Waals surface area contributed by atoms with E-state index in [2.05, 4.69) is 63.6 Å². The van der Waals surface area contributed by atoms with E-state index < -0.39 is 0 Å². The second-order valence-corrected chi connectivity index (χ2v) is 7.41. The third kappa shape index (κ3) is 4.23. The van der Waals surface area contributed by atoms with Crippen molar-refractivity contribution in [3.63, 3.8) is 0 Å². The van der Waals surface area contributed by atoms with Crippen LogP contribution in [0.2, 0.25) is 0 Å². The van der Waals surface area contributed by atoms with E-state index >= 15 is 0 Å². The summed E-state index contributed by atoms with van der Waals surface area (Å²) in [6.45, 7) is 16.4. The van der Waals surface area contributed by atoms with Gasteiger partial charge in [-0.3, -0.25) is 4.68 Å². The summed E-state index contributed by atoms with van der Waals surface area (Å²) < 4.78 is 7.59. The second-order valence-electron chi connectivity index (χ2n) is 7.41. The van der Waals surface area contributed by atoms with Gasteiger partial charge in [-0.2, -0.15) is 5.10 Å². The fraction of sp³-hybridized carbons (Fsp3) is 0.812. The normalized spacial score (nSPS) is 13.1. The van der Waals surface area contributed by atoms with Crippen LogP contribution in [0.1, 0.15) is 66.6 Å². The lowest BCUT2D eigenvalue weighted by Gasteiger charge is -2.30. The molecule has 0 aliphatic carbocycles. The number of hydrogen-bond acceptors (Lipinski definition) is 3. The fourth-order valence-corrected chi connectivity index (χ4v) is 2.40. The van der Waals surface area contributed by atoms with Gasteiger partial charge in [-0.15, -0.1) is 0 Å². The van der Waals surface area contributed by atoms with Gasteiger partial charge in [0.1, 0.15) is 0 Å². The topological polar surface area (TPSA) is 39.1 Å². The molecule has 0 radical (unpaired) electrons. The maximum Gasteiger partial charge on any atom is 0.160 e. The van der Waals surface area contributed by atoms with E-state index in [4.69, 9.17) is 4.74 Å². The van der Waals surface area contributed by atoms with Crippen LogP contribution in [0.3, 0.4) is 0 Å². The van der Waals surface area contributed by atoms with Crippen LogP contribution in [-0.2, 0) is 5.41 Å². The van der Waals surface area contributed by atoms with Crippen LogP contribution in [0.15, 0.2) is 6.20 Å². The smallest absolute Gasteiger partial charge is 0.160 e. The standard InChI is InChI=1S/C16H31N3O/c1-12(2)19-14(13(20-8)11-18-19)16(6,7)9-10-17-15(3,4)5/h11-12,17H,9-10H2,1-8H3. The molecule has 1 rings (SSSR count). The van der Waals surface area contributed by atoms with Crippen molar-refractivity contribution in [1.29, 1.82) is 0 Å². The van der Waals surface area contributed by atoms with Crippen LogP contribution in [0, 0.1) is 0 Å². The van der Waals surface area contributed by atoms with Crippen LogP contribution in [0.4, 0.5) is 0 Å². The maximum atomic E-state index is 5.51. The summed E-state index contributed by atoms with van der Waals surface area (Å²) in [5.74, 6) is 0.888. The van der Waals surface area contributed by atoms with E-state index in [1.54, 1.807) is 7.11 Å². The Hall–Kier alpha value is -1.03. The summed E-state index contributed by atoms with van der Waals surface area (Å²) in [7, 11) is 1.72. The van der Waals surface area contributed by atoms with Gasteiger partial charge in [0.2, 0.25) is 0 Å². The Balaban J connectivity index is 2.93. The van der Waals surface area contributed by atoms with E-state index in [0.29, 0.717) is 6.04 Å². The Morgan fingerprint density at radius 2 is 1.85 bits per heavy atom. The molecule has 0 aromatic carbocycles. The average Bonchev–Trinajstić information content (AvgIpc) is 2.71. The van der Waals surface area contributed by atoms with E-state index in [1.165, 1.54) is 5.69 Å². The van der Waals surface area contributed by atoms with Gasteiger partial charge < -0.3 is 10.1 Å². The summed E-state index contributed by atoms with van der Waals surface area (Å²) in [4.78, 5) is 0. The van der Waals surface area contributed by atoms with Crippen LogP contribution in [-0.4, -0.2) is 29.0 Å².